The minimum atomic E-state index is -1.03. The van der Waals surface area contributed by atoms with E-state index in [1.807, 2.05) is 4.90 Å². The lowest BCUT2D eigenvalue weighted by atomic mass is 9.85. The van der Waals surface area contributed by atoms with Crippen LogP contribution < -0.4 is 4.90 Å². The van der Waals surface area contributed by atoms with Crippen LogP contribution >= 0.6 is 0 Å². The Balaban J connectivity index is 2.31. The van der Waals surface area contributed by atoms with Crippen molar-refractivity contribution in [1.29, 1.82) is 0 Å². The predicted octanol–water partition coefficient (Wildman–Crippen LogP) is 3.94. The zero-order chi connectivity index (χ0) is 15.5. The Morgan fingerprint density at radius 1 is 1.33 bits per heavy atom. The SMILES string of the molecule is CC1(C)CCCN(c2c(F)cccc2/C=C/C(=O)O)CC1. The smallest absolute Gasteiger partial charge is 0.328 e. The second-order valence-corrected chi connectivity index (χ2v) is 6.35. The van der Waals surface area contributed by atoms with E-state index in [-0.39, 0.29) is 11.2 Å². The average Bonchev–Trinajstić information content (AvgIpc) is 2.57. The summed E-state index contributed by atoms with van der Waals surface area (Å²) >= 11 is 0. The second-order valence-electron chi connectivity index (χ2n) is 6.35. The van der Waals surface area contributed by atoms with E-state index in [4.69, 9.17) is 5.11 Å². The van der Waals surface area contributed by atoms with Gasteiger partial charge in [0.2, 0.25) is 0 Å². The van der Waals surface area contributed by atoms with E-state index in [2.05, 4.69) is 13.8 Å². The fourth-order valence-electron chi connectivity index (χ4n) is 2.81. The van der Waals surface area contributed by atoms with Gasteiger partial charge in [-0.3, -0.25) is 0 Å². The molecule has 4 heteroatoms. The van der Waals surface area contributed by atoms with Gasteiger partial charge in [-0.1, -0.05) is 26.0 Å². The summed E-state index contributed by atoms with van der Waals surface area (Å²) in [6, 6.07) is 4.81. The van der Waals surface area contributed by atoms with Crippen LogP contribution in [0, 0.1) is 11.2 Å². The molecule has 0 amide bonds. The molecule has 0 bridgehead atoms. The summed E-state index contributed by atoms with van der Waals surface area (Å²) in [6.45, 7) is 6.08. The summed E-state index contributed by atoms with van der Waals surface area (Å²) in [5.41, 5.74) is 1.42. The molecule has 21 heavy (non-hydrogen) atoms. The quantitative estimate of drug-likeness (QED) is 0.858. The van der Waals surface area contributed by atoms with Crippen molar-refractivity contribution in [2.75, 3.05) is 18.0 Å². The predicted molar refractivity (Wildman–Crippen MR) is 82.9 cm³/mol. The third kappa shape index (κ3) is 4.06. The topological polar surface area (TPSA) is 40.5 Å². The van der Waals surface area contributed by atoms with Crippen molar-refractivity contribution in [3.05, 3.63) is 35.7 Å². The normalized spacial score (nSPS) is 18.7. The Morgan fingerprint density at radius 2 is 2.10 bits per heavy atom. The summed E-state index contributed by atoms with van der Waals surface area (Å²) in [5.74, 6) is -1.32. The van der Waals surface area contributed by atoms with Gasteiger partial charge in [-0.25, -0.2) is 9.18 Å². The van der Waals surface area contributed by atoms with Gasteiger partial charge >= 0.3 is 5.97 Å². The lowest BCUT2D eigenvalue weighted by molar-refractivity contribution is -0.131. The number of carboxylic acids is 1. The van der Waals surface area contributed by atoms with Gasteiger partial charge < -0.3 is 10.0 Å². The highest BCUT2D eigenvalue weighted by Gasteiger charge is 2.25. The number of halogens is 1. The molecule has 1 aromatic carbocycles. The molecule has 1 saturated heterocycles. The Bertz CT molecular complexity index is 552. The van der Waals surface area contributed by atoms with Crippen molar-refractivity contribution in [3.63, 3.8) is 0 Å². The zero-order valence-electron chi connectivity index (χ0n) is 12.6. The lowest BCUT2D eigenvalue weighted by Gasteiger charge is -2.26. The molecule has 0 unspecified atom stereocenters. The van der Waals surface area contributed by atoms with E-state index in [0.717, 1.165) is 38.4 Å². The van der Waals surface area contributed by atoms with Crippen LogP contribution in [0.4, 0.5) is 10.1 Å². The first-order valence-corrected chi connectivity index (χ1v) is 7.33. The fraction of sp³-hybridized carbons (Fsp3) is 0.471. The van der Waals surface area contributed by atoms with Gasteiger partial charge in [-0.15, -0.1) is 0 Å². The molecule has 1 N–H and O–H groups in total. The molecule has 0 saturated carbocycles. The maximum atomic E-state index is 14.3. The van der Waals surface area contributed by atoms with E-state index in [1.165, 1.54) is 12.1 Å². The Hall–Kier alpha value is -1.84. The molecule has 1 aromatic rings. The summed E-state index contributed by atoms with van der Waals surface area (Å²) in [4.78, 5) is 12.7. The van der Waals surface area contributed by atoms with Gasteiger partial charge in [0.05, 0.1) is 5.69 Å². The number of carboxylic acid groups (broad SMARTS) is 1. The minimum absolute atomic E-state index is 0.275. The third-order valence-corrected chi connectivity index (χ3v) is 4.08. The summed E-state index contributed by atoms with van der Waals surface area (Å²) in [5, 5.41) is 8.76. The molecule has 3 nitrogen and oxygen atoms in total. The standard InChI is InChI=1S/C17H22FNO2/c1-17(2)9-4-11-19(12-10-17)16-13(7-8-15(20)21)5-3-6-14(16)18/h3,5-8H,4,9-12H2,1-2H3,(H,20,21)/b8-7+. The number of anilines is 1. The average molecular weight is 291 g/mol. The summed E-state index contributed by atoms with van der Waals surface area (Å²) < 4.78 is 14.3. The van der Waals surface area contributed by atoms with Crippen molar-refractivity contribution >= 4 is 17.7 Å². The molecule has 1 fully saturated rings. The first-order chi connectivity index (χ1) is 9.89. The molecule has 0 atom stereocenters. The molecule has 1 aliphatic heterocycles. The van der Waals surface area contributed by atoms with E-state index < -0.39 is 5.97 Å². The van der Waals surface area contributed by atoms with Crippen molar-refractivity contribution in [3.8, 4) is 0 Å². The molecule has 1 heterocycles. The fourth-order valence-corrected chi connectivity index (χ4v) is 2.81. The maximum Gasteiger partial charge on any atom is 0.328 e. The van der Waals surface area contributed by atoms with Gasteiger partial charge in [0.25, 0.3) is 0 Å². The number of aliphatic carboxylic acids is 1. The number of hydrogen-bond acceptors (Lipinski definition) is 2. The van der Waals surface area contributed by atoms with E-state index in [1.54, 1.807) is 12.1 Å². The highest BCUT2D eigenvalue weighted by molar-refractivity contribution is 5.87. The van der Waals surface area contributed by atoms with Gasteiger partial charge in [-0.05, 0) is 36.8 Å². The number of nitrogens with zero attached hydrogens (tertiary/aromatic N) is 1. The highest BCUT2D eigenvalue weighted by Crippen LogP contribution is 2.34. The number of hydrogen-bond donors (Lipinski definition) is 1. The Morgan fingerprint density at radius 3 is 2.81 bits per heavy atom. The van der Waals surface area contributed by atoms with Crippen molar-refractivity contribution < 1.29 is 14.3 Å². The molecule has 2 rings (SSSR count). The number of para-hydroxylation sites is 1. The van der Waals surface area contributed by atoms with Crippen LogP contribution in [0.15, 0.2) is 24.3 Å². The molecular weight excluding hydrogens is 269 g/mol. The third-order valence-electron chi connectivity index (χ3n) is 4.08. The second kappa shape index (κ2) is 6.29. The molecular formula is C17H22FNO2. The number of carbonyl (C=O) groups is 1. The van der Waals surface area contributed by atoms with Crippen LogP contribution in [0.3, 0.4) is 0 Å². The van der Waals surface area contributed by atoms with Crippen molar-refractivity contribution in [2.24, 2.45) is 5.41 Å². The molecule has 0 radical (unpaired) electrons. The van der Waals surface area contributed by atoms with Gasteiger partial charge in [0.1, 0.15) is 5.82 Å². The summed E-state index contributed by atoms with van der Waals surface area (Å²) in [6.07, 6.45) is 5.67. The van der Waals surface area contributed by atoms with Gasteiger partial charge in [0, 0.05) is 24.7 Å². The molecule has 0 aromatic heterocycles. The van der Waals surface area contributed by atoms with Crippen LogP contribution in [0.1, 0.15) is 38.7 Å². The van der Waals surface area contributed by atoms with Crippen LogP contribution in [-0.4, -0.2) is 24.2 Å². The van der Waals surface area contributed by atoms with Gasteiger partial charge in [0.15, 0.2) is 0 Å². The van der Waals surface area contributed by atoms with Crippen molar-refractivity contribution in [2.45, 2.75) is 33.1 Å². The highest BCUT2D eigenvalue weighted by atomic mass is 19.1. The van der Waals surface area contributed by atoms with E-state index in [9.17, 15) is 9.18 Å². The van der Waals surface area contributed by atoms with Crippen LogP contribution in [-0.2, 0) is 4.79 Å². The first kappa shape index (κ1) is 15.5. The number of benzene rings is 1. The molecule has 0 aliphatic carbocycles. The van der Waals surface area contributed by atoms with Crippen LogP contribution in [0.25, 0.3) is 6.08 Å². The summed E-state index contributed by atoms with van der Waals surface area (Å²) in [7, 11) is 0. The van der Waals surface area contributed by atoms with Crippen LogP contribution in [0.5, 0.6) is 0 Å². The Labute approximate surface area is 125 Å². The monoisotopic (exact) mass is 291 g/mol. The number of rotatable bonds is 3. The van der Waals surface area contributed by atoms with E-state index >= 15 is 0 Å². The van der Waals surface area contributed by atoms with Gasteiger partial charge in [-0.2, -0.15) is 0 Å². The minimum Gasteiger partial charge on any atom is -0.478 e. The Kier molecular flexibility index (Phi) is 4.66. The van der Waals surface area contributed by atoms with E-state index in [0.29, 0.717) is 11.3 Å². The molecule has 1 aliphatic rings. The zero-order valence-corrected chi connectivity index (χ0v) is 12.6. The van der Waals surface area contributed by atoms with Crippen LogP contribution in [0.2, 0.25) is 0 Å². The molecule has 114 valence electrons. The lowest BCUT2D eigenvalue weighted by Crippen LogP contribution is -2.26. The molecule has 0 spiro atoms. The maximum absolute atomic E-state index is 14.3. The van der Waals surface area contributed by atoms with Crippen molar-refractivity contribution in [1.82, 2.24) is 0 Å². The first-order valence-electron chi connectivity index (χ1n) is 7.33. The largest absolute Gasteiger partial charge is 0.478 e.